The van der Waals surface area contributed by atoms with E-state index in [0.29, 0.717) is 0 Å². The lowest BCUT2D eigenvalue weighted by Gasteiger charge is -2.09. The number of nitrogens with zero attached hydrogens (tertiary/aromatic N) is 2. The van der Waals surface area contributed by atoms with Crippen LogP contribution in [0.2, 0.25) is 0 Å². The zero-order valence-electron chi connectivity index (χ0n) is 12.1. The second-order valence-electron chi connectivity index (χ2n) is 4.75. The van der Waals surface area contributed by atoms with E-state index < -0.39 is 0 Å². The van der Waals surface area contributed by atoms with Gasteiger partial charge in [-0.05, 0) is 44.4 Å². The Labute approximate surface area is 115 Å². The Morgan fingerprint density at radius 1 is 1.00 bits per heavy atom. The Kier molecular flexibility index (Phi) is 4.15. The molecule has 1 aromatic heterocycles. The molecular formula is C16H21N3. The fourth-order valence-electron chi connectivity index (χ4n) is 1.96. The van der Waals surface area contributed by atoms with Crippen LogP contribution in [0.1, 0.15) is 30.7 Å². The molecule has 3 heteroatoms. The summed E-state index contributed by atoms with van der Waals surface area (Å²) in [5, 5.41) is 3.27. The summed E-state index contributed by atoms with van der Waals surface area (Å²) in [7, 11) is 0. The van der Waals surface area contributed by atoms with Gasteiger partial charge >= 0.3 is 0 Å². The van der Waals surface area contributed by atoms with E-state index in [1.807, 2.05) is 6.07 Å². The fraction of sp³-hybridized carbons (Fsp3) is 0.375. The van der Waals surface area contributed by atoms with Crippen molar-refractivity contribution in [2.45, 2.75) is 34.1 Å². The molecule has 0 aliphatic rings. The molecule has 0 fully saturated rings. The molecule has 0 radical (unpaired) electrons. The molecule has 1 aromatic carbocycles. The minimum atomic E-state index is 0.804. The molecule has 0 saturated heterocycles. The van der Waals surface area contributed by atoms with Crippen molar-refractivity contribution < 1.29 is 0 Å². The molecule has 2 aromatic rings. The van der Waals surface area contributed by atoms with Gasteiger partial charge in [0.2, 0.25) is 0 Å². The van der Waals surface area contributed by atoms with Crippen LogP contribution in [0.3, 0.4) is 0 Å². The molecule has 1 N–H and O–H groups in total. The highest BCUT2D eigenvalue weighted by Crippen LogP contribution is 2.21. The third-order valence-electron chi connectivity index (χ3n) is 3.26. The normalized spacial score (nSPS) is 10.5. The number of aromatic nitrogens is 2. The van der Waals surface area contributed by atoms with Crippen LogP contribution in [0.15, 0.2) is 24.3 Å². The van der Waals surface area contributed by atoms with E-state index in [-0.39, 0.29) is 0 Å². The molecule has 0 amide bonds. The van der Waals surface area contributed by atoms with Crippen LogP contribution >= 0.6 is 0 Å². The first-order valence-corrected chi connectivity index (χ1v) is 6.83. The van der Waals surface area contributed by atoms with Gasteiger partial charge in [-0.15, -0.1) is 0 Å². The lowest BCUT2D eigenvalue weighted by molar-refractivity contribution is 0.998. The van der Waals surface area contributed by atoms with Crippen molar-refractivity contribution in [2.24, 2.45) is 0 Å². The maximum atomic E-state index is 4.62. The van der Waals surface area contributed by atoms with Crippen molar-refractivity contribution in [3.8, 4) is 11.4 Å². The van der Waals surface area contributed by atoms with Crippen LogP contribution in [-0.4, -0.2) is 16.5 Å². The summed E-state index contributed by atoms with van der Waals surface area (Å²) < 4.78 is 0. The molecule has 0 atom stereocenters. The Balaban J connectivity index is 2.47. The highest BCUT2D eigenvalue weighted by Gasteiger charge is 2.06. The predicted molar refractivity (Wildman–Crippen MR) is 80.5 cm³/mol. The van der Waals surface area contributed by atoms with Crippen LogP contribution in [0.4, 0.5) is 5.82 Å². The number of rotatable bonds is 4. The standard InChI is InChI=1S/C16H21N3/c1-5-14-10-15(17-6-2)19-16(18-14)13-8-7-11(3)12(4)9-13/h7-10H,5-6H2,1-4H3,(H,17,18,19). The lowest BCUT2D eigenvalue weighted by atomic mass is 10.1. The highest BCUT2D eigenvalue weighted by molar-refractivity contribution is 5.59. The number of hydrogen-bond donors (Lipinski definition) is 1. The van der Waals surface area contributed by atoms with E-state index in [1.54, 1.807) is 0 Å². The summed E-state index contributed by atoms with van der Waals surface area (Å²) in [4.78, 5) is 9.21. The number of hydrogen-bond acceptors (Lipinski definition) is 3. The maximum absolute atomic E-state index is 4.62. The first-order valence-electron chi connectivity index (χ1n) is 6.83. The van der Waals surface area contributed by atoms with Crippen molar-refractivity contribution in [1.82, 2.24) is 9.97 Å². The molecule has 2 rings (SSSR count). The Morgan fingerprint density at radius 3 is 2.42 bits per heavy atom. The molecule has 19 heavy (non-hydrogen) atoms. The summed E-state index contributed by atoms with van der Waals surface area (Å²) in [6.07, 6.45) is 0.915. The van der Waals surface area contributed by atoms with Crippen molar-refractivity contribution in [1.29, 1.82) is 0 Å². The van der Waals surface area contributed by atoms with Crippen LogP contribution in [0.25, 0.3) is 11.4 Å². The van der Waals surface area contributed by atoms with Gasteiger partial charge in [0.05, 0.1) is 0 Å². The number of anilines is 1. The second-order valence-corrected chi connectivity index (χ2v) is 4.75. The van der Waals surface area contributed by atoms with E-state index in [2.05, 4.69) is 61.2 Å². The largest absolute Gasteiger partial charge is 0.370 e. The van der Waals surface area contributed by atoms with E-state index in [0.717, 1.165) is 35.9 Å². The Morgan fingerprint density at radius 2 is 1.79 bits per heavy atom. The molecule has 100 valence electrons. The van der Waals surface area contributed by atoms with Gasteiger partial charge in [-0.25, -0.2) is 9.97 Å². The van der Waals surface area contributed by atoms with Crippen LogP contribution in [0, 0.1) is 13.8 Å². The first kappa shape index (κ1) is 13.5. The SMILES string of the molecule is CCNc1cc(CC)nc(-c2ccc(C)c(C)c2)n1. The third-order valence-corrected chi connectivity index (χ3v) is 3.26. The Hall–Kier alpha value is -1.90. The van der Waals surface area contributed by atoms with Crippen molar-refractivity contribution >= 4 is 5.82 Å². The zero-order valence-corrected chi connectivity index (χ0v) is 12.1. The summed E-state index contributed by atoms with van der Waals surface area (Å²) in [5.74, 6) is 1.71. The minimum Gasteiger partial charge on any atom is -0.370 e. The monoisotopic (exact) mass is 255 g/mol. The maximum Gasteiger partial charge on any atom is 0.161 e. The molecule has 0 aliphatic carbocycles. The zero-order chi connectivity index (χ0) is 13.8. The predicted octanol–water partition coefficient (Wildman–Crippen LogP) is 3.75. The molecule has 0 bridgehead atoms. The first-order chi connectivity index (χ1) is 9.13. The Bertz CT molecular complexity index is 576. The van der Waals surface area contributed by atoms with Crippen LogP contribution < -0.4 is 5.32 Å². The number of benzene rings is 1. The molecular weight excluding hydrogens is 234 g/mol. The lowest BCUT2D eigenvalue weighted by Crippen LogP contribution is -2.03. The molecule has 1 heterocycles. The molecule has 0 spiro atoms. The van der Waals surface area contributed by atoms with Crippen molar-refractivity contribution in [2.75, 3.05) is 11.9 Å². The van der Waals surface area contributed by atoms with E-state index in [9.17, 15) is 0 Å². The second kappa shape index (κ2) is 5.83. The van der Waals surface area contributed by atoms with Gasteiger partial charge < -0.3 is 5.32 Å². The number of aryl methyl sites for hydroxylation is 3. The smallest absolute Gasteiger partial charge is 0.161 e. The molecule has 0 aliphatic heterocycles. The average molecular weight is 255 g/mol. The average Bonchev–Trinajstić information content (AvgIpc) is 2.42. The minimum absolute atomic E-state index is 0.804. The number of nitrogens with one attached hydrogen (secondary N) is 1. The fourth-order valence-corrected chi connectivity index (χ4v) is 1.96. The molecule has 3 nitrogen and oxygen atoms in total. The van der Waals surface area contributed by atoms with Gasteiger partial charge in [-0.1, -0.05) is 19.1 Å². The van der Waals surface area contributed by atoms with Gasteiger partial charge in [-0.3, -0.25) is 0 Å². The van der Waals surface area contributed by atoms with Gasteiger partial charge in [0.25, 0.3) is 0 Å². The van der Waals surface area contributed by atoms with Gasteiger partial charge in [0.1, 0.15) is 5.82 Å². The highest BCUT2D eigenvalue weighted by atomic mass is 15.0. The summed E-state index contributed by atoms with van der Waals surface area (Å²) in [6.45, 7) is 9.29. The summed E-state index contributed by atoms with van der Waals surface area (Å²) in [5.41, 5.74) is 4.71. The van der Waals surface area contributed by atoms with Crippen molar-refractivity contribution in [3.05, 3.63) is 41.1 Å². The van der Waals surface area contributed by atoms with Crippen LogP contribution in [-0.2, 0) is 6.42 Å². The van der Waals surface area contributed by atoms with Crippen molar-refractivity contribution in [3.63, 3.8) is 0 Å². The summed E-state index contributed by atoms with van der Waals surface area (Å²) >= 11 is 0. The van der Waals surface area contributed by atoms with Gasteiger partial charge in [0.15, 0.2) is 5.82 Å². The van der Waals surface area contributed by atoms with Crippen LogP contribution in [0.5, 0.6) is 0 Å². The quantitative estimate of drug-likeness (QED) is 0.904. The van der Waals surface area contributed by atoms with E-state index >= 15 is 0 Å². The molecule has 0 saturated carbocycles. The molecule has 0 unspecified atom stereocenters. The van der Waals surface area contributed by atoms with E-state index in [4.69, 9.17) is 0 Å². The van der Waals surface area contributed by atoms with Gasteiger partial charge in [-0.2, -0.15) is 0 Å². The van der Waals surface area contributed by atoms with E-state index in [1.165, 1.54) is 11.1 Å². The van der Waals surface area contributed by atoms with Gasteiger partial charge in [0, 0.05) is 23.9 Å². The topological polar surface area (TPSA) is 37.8 Å². The third kappa shape index (κ3) is 3.11. The summed E-state index contributed by atoms with van der Waals surface area (Å²) in [6, 6.07) is 8.39.